The number of rotatable bonds is 8. The molecule has 10 nitrogen and oxygen atoms in total. The first-order valence-electron chi connectivity index (χ1n) is 8.51. The van der Waals surface area contributed by atoms with Gasteiger partial charge in [0.1, 0.15) is 5.75 Å². The fraction of sp³-hybridized carbons (Fsp3) is 0.111. The normalized spacial score (nSPS) is 10.4. The number of hydrogen-bond donors (Lipinski definition) is 2. The maximum Gasteiger partial charge on any atom is 0.269 e. The molecule has 3 aromatic rings. The molecule has 0 bridgehead atoms. The van der Waals surface area contributed by atoms with E-state index in [0.717, 1.165) is 23.1 Å². The Kier molecular flexibility index (Phi) is 7.39. The second-order valence-electron chi connectivity index (χ2n) is 5.81. The van der Waals surface area contributed by atoms with Crippen molar-refractivity contribution in [1.82, 2.24) is 10.2 Å². The predicted molar refractivity (Wildman–Crippen MR) is 118 cm³/mol. The maximum atomic E-state index is 12.5. The van der Waals surface area contributed by atoms with Crippen LogP contribution in [0.5, 0.6) is 5.75 Å². The number of nitro groups is 1. The largest absolute Gasteiger partial charge is 0.496 e. The number of carbonyl (C=O) groups excluding carboxylic acids is 2. The molecular weight excluding hydrogens is 466 g/mol. The number of aromatic nitrogens is 2. The van der Waals surface area contributed by atoms with E-state index >= 15 is 0 Å². The summed E-state index contributed by atoms with van der Waals surface area (Å²) in [6.45, 7) is 0. The quantitative estimate of drug-likeness (QED) is 0.213. The fourth-order valence-electron chi connectivity index (χ4n) is 2.33. The lowest BCUT2D eigenvalue weighted by Gasteiger charge is -2.07. The van der Waals surface area contributed by atoms with Crippen LogP contribution in [-0.4, -0.2) is 39.8 Å². The van der Waals surface area contributed by atoms with Gasteiger partial charge in [-0.2, -0.15) is 0 Å². The highest BCUT2D eigenvalue weighted by Crippen LogP contribution is 2.28. The molecule has 2 N–H and O–H groups in total. The Labute approximate surface area is 189 Å². The summed E-state index contributed by atoms with van der Waals surface area (Å²) in [6.07, 6.45) is 0. The van der Waals surface area contributed by atoms with Crippen LogP contribution in [0.4, 0.5) is 16.5 Å². The third-order valence-electron chi connectivity index (χ3n) is 3.72. The third-order valence-corrected chi connectivity index (χ3v) is 5.93. The van der Waals surface area contributed by atoms with Gasteiger partial charge in [0.15, 0.2) is 4.34 Å². The predicted octanol–water partition coefficient (Wildman–Crippen LogP) is 4.09. The summed E-state index contributed by atoms with van der Waals surface area (Å²) in [5.41, 5.74) is 0.630. The maximum absolute atomic E-state index is 12.5. The Morgan fingerprint density at radius 3 is 2.61 bits per heavy atom. The van der Waals surface area contributed by atoms with Crippen molar-refractivity contribution in [1.29, 1.82) is 0 Å². The zero-order chi connectivity index (χ0) is 22.4. The van der Waals surface area contributed by atoms with Crippen LogP contribution < -0.4 is 15.4 Å². The van der Waals surface area contributed by atoms with Crippen LogP contribution in [0.2, 0.25) is 5.02 Å². The van der Waals surface area contributed by atoms with Gasteiger partial charge in [-0.15, -0.1) is 10.2 Å². The number of methoxy groups -OCH3 is 1. The third kappa shape index (κ3) is 6.13. The first-order chi connectivity index (χ1) is 14.9. The Hall–Kier alpha value is -3.22. The molecule has 3 rings (SSSR count). The van der Waals surface area contributed by atoms with Crippen LogP contribution in [0.3, 0.4) is 0 Å². The standard InChI is InChI=1S/C18H14ClN5O5S2/c1-29-14-7-2-10(19)8-13(14)16(26)21-17-22-23-18(31-17)30-9-15(25)20-11-3-5-12(6-4-11)24(27)28/h2-8H,9H2,1H3,(H,20,25)(H,21,22,26). The van der Waals surface area contributed by atoms with Crippen molar-refractivity contribution in [3.8, 4) is 5.75 Å². The lowest BCUT2D eigenvalue weighted by molar-refractivity contribution is -0.384. The van der Waals surface area contributed by atoms with Crippen molar-refractivity contribution in [3.05, 3.63) is 63.2 Å². The molecule has 0 saturated carbocycles. The first kappa shape index (κ1) is 22.5. The summed E-state index contributed by atoms with van der Waals surface area (Å²) in [6, 6.07) is 10.2. The van der Waals surface area contributed by atoms with Gasteiger partial charge in [-0.25, -0.2) is 0 Å². The van der Waals surface area contributed by atoms with Gasteiger partial charge in [-0.05, 0) is 30.3 Å². The number of nitrogens with one attached hydrogen (secondary N) is 2. The first-order valence-corrected chi connectivity index (χ1v) is 10.7. The topological polar surface area (TPSA) is 136 Å². The van der Waals surface area contributed by atoms with Gasteiger partial charge < -0.3 is 10.1 Å². The van der Waals surface area contributed by atoms with Crippen LogP contribution in [-0.2, 0) is 4.79 Å². The fourth-order valence-corrected chi connectivity index (χ4v) is 4.05. The molecule has 0 aliphatic rings. The number of ether oxygens (including phenoxy) is 1. The van der Waals surface area contributed by atoms with E-state index in [1.807, 2.05) is 0 Å². The number of carbonyl (C=O) groups is 2. The van der Waals surface area contributed by atoms with Crippen LogP contribution in [0.25, 0.3) is 0 Å². The van der Waals surface area contributed by atoms with Crippen LogP contribution >= 0.6 is 34.7 Å². The number of non-ortho nitro benzene ring substituents is 1. The Bertz CT molecular complexity index is 1120. The molecule has 0 atom stereocenters. The average Bonchev–Trinajstić information content (AvgIpc) is 3.20. The molecule has 0 spiro atoms. The number of anilines is 2. The smallest absolute Gasteiger partial charge is 0.269 e. The molecule has 0 radical (unpaired) electrons. The van der Waals surface area contributed by atoms with E-state index in [-0.39, 0.29) is 28.0 Å². The van der Waals surface area contributed by atoms with Crippen LogP contribution in [0.1, 0.15) is 10.4 Å². The number of hydrogen-bond acceptors (Lipinski definition) is 9. The molecule has 0 fully saturated rings. The van der Waals surface area contributed by atoms with Gasteiger partial charge in [0.05, 0.1) is 23.3 Å². The van der Waals surface area contributed by atoms with Gasteiger partial charge in [-0.3, -0.25) is 25.0 Å². The van der Waals surface area contributed by atoms with E-state index in [0.29, 0.717) is 20.8 Å². The van der Waals surface area contributed by atoms with Crippen molar-refractivity contribution in [2.45, 2.75) is 4.34 Å². The molecule has 0 saturated heterocycles. The Morgan fingerprint density at radius 2 is 1.94 bits per heavy atom. The van der Waals surface area contributed by atoms with Crippen LogP contribution in [0, 0.1) is 10.1 Å². The van der Waals surface area contributed by atoms with E-state index in [2.05, 4.69) is 20.8 Å². The molecule has 13 heteroatoms. The van der Waals surface area contributed by atoms with Gasteiger partial charge in [-0.1, -0.05) is 34.7 Å². The minimum Gasteiger partial charge on any atom is -0.496 e. The molecule has 1 aromatic heterocycles. The Morgan fingerprint density at radius 1 is 1.19 bits per heavy atom. The number of amides is 2. The Balaban J connectivity index is 1.54. The highest BCUT2D eigenvalue weighted by Gasteiger charge is 2.16. The minimum absolute atomic E-state index is 0.0433. The van der Waals surface area contributed by atoms with E-state index < -0.39 is 10.8 Å². The molecule has 31 heavy (non-hydrogen) atoms. The summed E-state index contributed by atoms with van der Waals surface area (Å²) in [7, 11) is 1.45. The second-order valence-corrected chi connectivity index (χ2v) is 8.45. The monoisotopic (exact) mass is 479 g/mol. The molecule has 0 aliphatic carbocycles. The molecule has 1 heterocycles. The van der Waals surface area contributed by atoms with Crippen molar-refractivity contribution in [2.24, 2.45) is 0 Å². The van der Waals surface area contributed by atoms with E-state index in [4.69, 9.17) is 16.3 Å². The van der Waals surface area contributed by atoms with Crippen molar-refractivity contribution in [3.63, 3.8) is 0 Å². The molecule has 2 aromatic carbocycles. The summed E-state index contributed by atoms with van der Waals surface area (Å²) < 4.78 is 5.64. The van der Waals surface area contributed by atoms with Crippen LogP contribution in [0.15, 0.2) is 46.8 Å². The SMILES string of the molecule is COc1ccc(Cl)cc1C(=O)Nc1nnc(SCC(=O)Nc2ccc([N+](=O)[O-])cc2)s1. The lowest BCUT2D eigenvalue weighted by Crippen LogP contribution is -2.13. The number of halogens is 1. The average molecular weight is 480 g/mol. The van der Waals surface area contributed by atoms with E-state index in [9.17, 15) is 19.7 Å². The number of thioether (sulfide) groups is 1. The molecule has 160 valence electrons. The summed E-state index contributed by atoms with van der Waals surface area (Å²) in [5, 5.41) is 24.4. The van der Waals surface area contributed by atoms with Crippen molar-refractivity contribution < 1.29 is 19.2 Å². The zero-order valence-electron chi connectivity index (χ0n) is 15.8. The zero-order valence-corrected chi connectivity index (χ0v) is 18.2. The van der Waals surface area contributed by atoms with Crippen molar-refractivity contribution >= 4 is 63.0 Å². The van der Waals surface area contributed by atoms with Gasteiger partial charge >= 0.3 is 0 Å². The molecular formula is C18H14ClN5O5S2. The van der Waals surface area contributed by atoms with Crippen molar-refractivity contribution in [2.75, 3.05) is 23.5 Å². The number of benzene rings is 2. The summed E-state index contributed by atoms with van der Waals surface area (Å²) >= 11 is 8.19. The van der Waals surface area contributed by atoms with Gasteiger partial charge in [0.2, 0.25) is 11.0 Å². The minimum atomic E-state index is -0.518. The second kappa shape index (κ2) is 10.2. The number of nitrogens with zero attached hydrogens (tertiary/aromatic N) is 3. The summed E-state index contributed by atoms with van der Waals surface area (Å²) in [5.74, 6) is -0.364. The molecule has 2 amide bonds. The van der Waals surface area contributed by atoms with Gasteiger partial charge in [0.25, 0.3) is 11.6 Å². The number of nitro benzene ring substituents is 1. The van der Waals surface area contributed by atoms with E-state index in [1.54, 1.807) is 12.1 Å². The molecule has 0 unspecified atom stereocenters. The lowest BCUT2D eigenvalue weighted by atomic mass is 10.2. The molecule has 0 aliphatic heterocycles. The highest BCUT2D eigenvalue weighted by molar-refractivity contribution is 8.01. The highest BCUT2D eigenvalue weighted by atomic mass is 35.5. The van der Waals surface area contributed by atoms with Gasteiger partial charge in [0, 0.05) is 22.8 Å². The van der Waals surface area contributed by atoms with E-state index in [1.165, 1.54) is 37.4 Å². The summed E-state index contributed by atoms with van der Waals surface area (Å²) in [4.78, 5) is 34.7.